The first-order chi connectivity index (χ1) is 18.1. The Kier molecular flexibility index (Phi) is 5.97. The zero-order valence-corrected chi connectivity index (χ0v) is 21.0. The minimum Gasteiger partial charge on any atom is -0.457 e. The number of aromatic nitrogens is 2. The van der Waals surface area contributed by atoms with Crippen LogP contribution in [0.5, 0.6) is 11.5 Å². The number of carbonyl (C=O) groups is 1. The van der Waals surface area contributed by atoms with Crippen molar-refractivity contribution in [3.05, 3.63) is 120 Å². The molecule has 1 N–H and O–H groups in total. The molecule has 1 aromatic heterocycles. The number of amides is 1. The monoisotopic (exact) mass is 487 g/mol. The summed E-state index contributed by atoms with van der Waals surface area (Å²) in [5.41, 5.74) is 7.21. The van der Waals surface area contributed by atoms with Gasteiger partial charge in [-0.15, -0.1) is 0 Å². The van der Waals surface area contributed by atoms with Crippen molar-refractivity contribution in [3.8, 4) is 11.5 Å². The molecule has 6 rings (SSSR count). The van der Waals surface area contributed by atoms with Gasteiger partial charge in [0.25, 0.3) is 0 Å². The number of fused-ring (bicyclic) bond motifs is 3. The number of para-hydroxylation sites is 5. The number of hydrogen-bond donors (Lipinski definition) is 1. The van der Waals surface area contributed by atoms with Gasteiger partial charge in [-0.25, -0.2) is 4.98 Å². The Morgan fingerprint density at radius 1 is 0.892 bits per heavy atom. The van der Waals surface area contributed by atoms with Gasteiger partial charge < -0.3 is 14.6 Å². The molecule has 1 amide bonds. The molecule has 0 radical (unpaired) electrons. The van der Waals surface area contributed by atoms with Crippen LogP contribution < -0.4 is 10.1 Å². The predicted octanol–water partition coefficient (Wildman–Crippen LogP) is 7.47. The van der Waals surface area contributed by atoms with Crippen molar-refractivity contribution < 1.29 is 9.53 Å². The molecule has 184 valence electrons. The van der Waals surface area contributed by atoms with Gasteiger partial charge >= 0.3 is 0 Å². The highest BCUT2D eigenvalue weighted by Gasteiger charge is 2.29. The third-order valence-electron chi connectivity index (χ3n) is 7.14. The third-order valence-corrected chi connectivity index (χ3v) is 7.14. The normalized spacial score (nSPS) is 12.7. The van der Waals surface area contributed by atoms with E-state index in [1.54, 1.807) is 0 Å². The number of hydrogen-bond acceptors (Lipinski definition) is 3. The number of imidazole rings is 1. The van der Waals surface area contributed by atoms with E-state index in [0.717, 1.165) is 50.5 Å². The van der Waals surface area contributed by atoms with E-state index in [2.05, 4.69) is 65.1 Å². The molecular formula is C32H29N3O2. The molecule has 0 saturated carbocycles. The molecule has 0 aliphatic carbocycles. The van der Waals surface area contributed by atoms with E-state index in [4.69, 9.17) is 4.74 Å². The van der Waals surface area contributed by atoms with Crippen molar-refractivity contribution in [3.63, 3.8) is 0 Å². The van der Waals surface area contributed by atoms with Gasteiger partial charge in [0.1, 0.15) is 11.5 Å². The van der Waals surface area contributed by atoms with Gasteiger partial charge in [0.2, 0.25) is 5.91 Å². The van der Waals surface area contributed by atoms with Crippen molar-refractivity contribution in [1.82, 2.24) is 9.55 Å². The van der Waals surface area contributed by atoms with E-state index < -0.39 is 0 Å². The summed E-state index contributed by atoms with van der Waals surface area (Å²) in [4.78, 5) is 18.2. The maximum Gasteiger partial charge on any atom is 0.225 e. The quantitative estimate of drug-likeness (QED) is 0.270. The number of nitrogens with one attached hydrogen (secondary N) is 1. The fourth-order valence-electron chi connectivity index (χ4n) is 5.31. The lowest BCUT2D eigenvalue weighted by Crippen LogP contribution is -2.21. The Balaban J connectivity index is 1.33. The Morgan fingerprint density at radius 2 is 1.57 bits per heavy atom. The van der Waals surface area contributed by atoms with Gasteiger partial charge in [0, 0.05) is 29.2 Å². The molecule has 5 heteroatoms. The van der Waals surface area contributed by atoms with Gasteiger partial charge in [0.05, 0.1) is 23.9 Å². The zero-order valence-electron chi connectivity index (χ0n) is 21.0. The van der Waals surface area contributed by atoms with Crippen LogP contribution in [0.3, 0.4) is 0 Å². The Morgan fingerprint density at radius 3 is 2.30 bits per heavy atom. The molecule has 0 bridgehead atoms. The van der Waals surface area contributed by atoms with Gasteiger partial charge in [-0.3, -0.25) is 4.79 Å². The summed E-state index contributed by atoms with van der Waals surface area (Å²) in [5, 5.41) is 3.32. The van der Waals surface area contributed by atoms with Crippen LogP contribution in [0.2, 0.25) is 0 Å². The fourth-order valence-corrected chi connectivity index (χ4v) is 5.31. The molecule has 0 unspecified atom stereocenters. The Hall–Kier alpha value is -4.38. The molecule has 0 fully saturated rings. The molecule has 0 atom stereocenters. The van der Waals surface area contributed by atoms with Crippen molar-refractivity contribution in [2.75, 3.05) is 5.32 Å². The zero-order chi connectivity index (χ0) is 25.4. The van der Waals surface area contributed by atoms with E-state index in [0.29, 0.717) is 13.0 Å². The van der Waals surface area contributed by atoms with Gasteiger partial charge in [-0.05, 0) is 41.3 Å². The molecule has 2 heterocycles. The topological polar surface area (TPSA) is 56.2 Å². The van der Waals surface area contributed by atoms with E-state index in [1.807, 2.05) is 60.9 Å². The molecule has 5 nitrogen and oxygen atoms in total. The van der Waals surface area contributed by atoms with Crippen LogP contribution in [-0.2, 0) is 11.3 Å². The van der Waals surface area contributed by atoms with E-state index in [9.17, 15) is 4.79 Å². The van der Waals surface area contributed by atoms with E-state index in [-0.39, 0.29) is 17.7 Å². The minimum atomic E-state index is -0.0756. The molecule has 1 aliphatic heterocycles. The molecular weight excluding hydrogens is 458 g/mol. The summed E-state index contributed by atoms with van der Waals surface area (Å²) >= 11 is 0. The van der Waals surface area contributed by atoms with Crippen molar-refractivity contribution in [1.29, 1.82) is 0 Å². The average Bonchev–Trinajstić information content (AvgIpc) is 3.32. The summed E-state index contributed by atoms with van der Waals surface area (Å²) < 4.78 is 8.27. The highest BCUT2D eigenvalue weighted by Crippen LogP contribution is 2.45. The number of carbonyl (C=O) groups excluding carboxylic acids is 1. The number of anilines is 1. The summed E-state index contributed by atoms with van der Waals surface area (Å²) in [6.07, 6.45) is 2.20. The van der Waals surface area contributed by atoms with Crippen LogP contribution in [0, 0.1) is 0 Å². The first-order valence-electron chi connectivity index (χ1n) is 12.8. The van der Waals surface area contributed by atoms with Crippen molar-refractivity contribution in [2.45, 2.75) is 38.6 Å². The Bertz CT molecular complexity index is 1560. The molecule has 4 aromatic carbocycles. The minimum absolute atomic E-state index is 0.0126. The third kappa shape index (κ3) is 4.38. The summed E-state index contributed by atoms with van der Waals surface area (Å²) in [6.45, 7) is 4.94. The van der Waals surface area contributed by atoms with Crippen LogP contribution in [-0.4, -0.2) is 15.5 Å². The van der Waals surface area contributed by atoms with Gasteiger partial charge in [-0.1, -0.05) is 80.6 Å². The number of nitrogens with zero attached hydrogens (tertiary/aromatic N) is 2. The average molecular weight is 488 g/mol. The van der Waals surface area contributed by atoms with E-state index in [1.165, 1.54) is 0 Å². The van der Waals surface area contributed by atoms with E-state index >= 15 is 0 Å². The van der Waals surface area contributed by atoms with Crippen LogP contribution in [0.25, 0.3) is 11.0 Å². The second-order valence-electron chi connectivity index (χ2n) is 9.88. The first-order valence-corrected chi connectivity index (χ1v) is 12.8. The lowest BCUT2D eigenvalue weighted by atomic mass is 9.85. The number of benzene rings is 4. The number of ether oxygens (including phenoxy) is 1. The first kappa shape index (κ1) is 23.0. The smallest absolute Gasteiger partial charge is 0.225 e. The maximum absolute atomic E-state index is 13.7. The summed E-state index contributed by atoms with van der Waals surface area (Å²) in [5.74, 6) is 1.80. The van der Waals surface area contributed by atoms with Gasteiger partial charge in [-0.2, -0.15) is 0 Å². The lowest BCUT2D eigenvalue weighted by molar-refractivity contribution is -0.116. The highest BCUT2D eigenvalue weighted by molar-refractivity contribution is 5.93. The van der Waals surface area contributed by atoms with Crippen LogP contribution in [0.15, 0.2) is 97.3 Å². The van der Waals surface area contributed by atoms with Gasteiger partial charge in [0.15, 0.2) is 0 Å². The standard InChI is InChI=1S/C32H29N3O2/c1-21(2)23-13-9-10-22(19-35-20-33-27-14-5-6-15-28(27)35)32(23)34-31(36)18-26-24-11-3-7-16-29(24)37-30-17-8-4-12-25(26)30/h3-17,20-21,26H,18-19H2,1-2H3,(H,34,36). The molecule has 0 spiro atoms. The van der Waals surface area contributed by atoms with Crippen LogP contribution >= 0.6 is 0 Å². The van der Waals surface area contributed by atoms with Crippen molar-refractivity contribution >= 4 is 22.6 Å². The molecule has 0 saturated heterocycles. The fraction of sp³-hybridized carbons (Fsp3) is 0.188. The predicted molar refractivity (Wildman–Crippen MR) is 147 cm³/mol. The SMILES string of the molecule is CC(C)c1cccc(Cn2cnc3ccccc32)c1NC(=O)CC1c2ccccc2Oc2ccccc21. The van der Waals surface area contributed by atoms with Crippen LogP contribution in [0.4, 0.5) is 5.69 Å². The second kappa shape index (κ2) is 9.58. The lowest BCUT2D eigenvalue weighted by Gasteiger charge is -2.28. The number of rotatable bonds is 6. The molecule has 5 aromatic rings. The summed E-state index contributed by atoms with van der Waals surface area (Å²) in [7, 11) is 0. The van der Waals surface area contributed by atoms with Crippen molar-refractivity contribution in [2.24, 2.45) is 0 Å². The highest BCUT2D eigenvalue weighted by atomic mass is 16.5. The Labute approximate surface area is 216 Å². The molecule has 1 aliphatic rings. The molecule has 37 heavy (non-hydrogen) atoms. The maximum atomic E-state index is 13.7. The van der Waals surface area contributed by atoms with Crippen LogP contribution in [0.1, 0.15) is 54.4 Å². The summed E-state index contributed by atoms with van der Waals surface area (Å²) in [6, 6.07) is 30.4. The second-order valence-corrected chi connectivity index (χ2v) is 9.88. The largest absolute Gasteiger partial charge is 0.457 e.